The number of carbonyl (C=O) groups excluding carboxylic acids is 1. The third kappa shape index (κ3) is 1.25. The molecule has 1 saturated heterocycles. The van der Waals surface area contributed by atoms with Crippen LogP contribution in [0, 0.1) is 0 Å². The lowest BCUT2D eigenvalue weighted by Crippen LogP contribution is -2.25. The Labute approximate surface area is 41.6 Å². The highest BCUT2D eigenvalue weighted by Crippen LogP contribution is 1.89. The molecular formula is C4H6NO2. The highest BCUT2D eigenvalue weighted by Gasteiger charge is 2.07. The predicted octanol–water partition coefficient (Wildman–Crippen LogP) is -0.505. The Kier molecular flexibility index (Phi) is 1.38. The number of hydrogen-bond acceptors (Lipinski definition) is 2. The van der Waals surface area contributed by atoms with Crippen LogP contribution in [0.25, 0.3) is 0 Å². The maximum absolute atomic E-state index is 10.3. The number of ketones is 1. The Morgan fingerprint density at radius 1 is 1.71 bits per heavy atom. The van der Waals surface area contributed by atoms with Crippen LogP contribution in [-0.4, -0.2) is 18.9 Å². The fourth-order valence-corrected chi connectivity index (χ4v) is 0.421. The summed E-state index contributed by atoms with van der Waals surface area (Å²) >= 11 is 0. The van der Waals surface area contributed by atoms with E-state index in [1.54, 1.807) is 0 Å². The molecule has 1 aliphatic heterocycles. The van der Waals surface area contributed by atoms with Crippen molar-refractivity contribution in [1.82, 2.24) is 5.48 Å². The van der Waals surface area contributed by atoms with Crippen LogP contribution in [0.3, 0.4) is 0 Å². The van der Waals surface area contributed by atoms with Crippen LogP contribution < -0.4 is 5.48 Å². The van der Waals surface area contributed by atoms with Crippen LogP contribution in [0.4, 0.5) is 0 Å². The molecule has 7 heavy (non-hydrogen) atoms. The topological polar surface area (TPSA) is 40.4 Å². The average Bonchev–Trinajstić information content (AvgIpc) is 1.69. The standard InChI is InChI=1S/C4H6NO2/c6-4-1-2-7-5-3-4/h1-3H2. The Balaban J connectivity index is 2.25. The van der Waals surface area contributed by atoms with Crippen molar-refractivity contribution in [3.8, 4) is 0 Å². The minimum absolute atomic E-state index is 0.172. The first-order chi connectivity index (χ1) is 3.39. The molecule has 0 aliphatic carbocycles. The highest BCUT2D eigenvalue weighted by molar-refractivity contribution is 5.80. The summed E-state index contributed by atoms with van der Waals surface area (Å²) in [5.41, 5.74) is 3.41. The van der Waals surface area contributed by atoms with Crippen LogP contribution in [0.5, 0.6) is 0 Å². The second-order valence-corrected chi connectivity index (χ2v) is 1.41. The Morgan fingerprint density at radius 2 is 2.57 bits per heavy atom. The van der Waals surface area contributed by atoms with E-state index in [0.29, 0.717) is 13.0 Å². The lowest BCUT2D eigenvalue weighted by molar-refractivity contribution is -0.128. The van der Waals surface area contributed by atoms with Gasteiger partial charge in [0.1, 0.15) is 6.54 Å². The van der Waals surface area contributed by atoms with Gasteiger partial charge in [-0.05, 0) is 0 Å². The first kappa shape index (κ1) is 4.74. The van der Waals surface area contributed by atoms with Gasteiger partial charge in [-0.2, -0.15) is 0 Å². The molecule has 3 nitrogen and oxygen atoms in total. The fourth-order valence-electron chi connectivity index (χ4n) is 0.421. The molecule has 0 unspecified atom stereocenters. The molecule has 0 amide bonds. The highest BCUT2D eigenvalue weighted by atomic mass is 16.6. The summed E-state index contributed by atoms with van der Waals surface area (Å²) in [6, 6.07) is 0. The van der Waals surface area contributed by atoms with Gasteiger partial charge in [0, 0.05) is 6.42 Å². The van der Waals surface area contributed by atoms with Crippen LogP contribution in [0.15, 0.2) is 0 Å². The summed E-state index contributed by atoms with van der Waals surface area (Å²) in [7, 11) is 0. The minimum atomic E-state index is 0.172. The molecule has 1 heterocycles. The van der Waals surface area contributed by atoms with Crippen LogP contribution in [0.2, 0.25) is 0 Å². The SMILES string of the molecule is O=C1CCO[N]C1. The van der Waals surface area contributed by atoms with Crippen LogP contribution in [0.1, 0.15) is 6.42 Å². The van der Waals surface area contributed by atoms with Gasteiger partial charge in [-0.15, -0.1) is 0 Å². The summed E-state index contributed by atoms with van der Waals surface area (Å²) in [5.74, 6) is 0.172. The molecule has 0 aromatic heterocycles. The smallest absolute Gasteiger partial charge is 0.153 e. The van der Waals surface area contributed by atoms with Gasteiger partial charge in [0.2, 0.25) is 0 Å². The summed E-state index contributed by atoms with van der Waals surface area (Å²) in [4.78, 5) is 14.8. The summed E-state index contributed by atoms with van der Waals surface area (Å²) < 4.78 is 0. The van der Waals surface area contributed by atoms with Crippen molar-refractivity contribution in [2.75, 3.05) is 13.2 Å². The monoisotopic (exact) mass is 100 g/mol. The van der Waals surface area contributed by atoms with E-state index < -0.39 is 0 Å². The number of rotatable bonds is 0. The lowest BCUT2D eigenvalue weighted by atomic mass is 10.3. The second kappa shape index (κ2) is 2.04. The number of nitrogens with zero attached hydrogens (tertiary/aromatic N) is 1. The molecule has 0 aromatic carbocycles. The number of Topliss-reactive ketones (excluding diaryl/α,β-unsaturated/α-hetero) is 1. The summed E-state index contributed by atoms with van der Waals surface area (Å²) in [6.07, 6.45) is 0.531. The van der Waals surface area contributed by atoms with E-state index in [4.69, 9.17) is 0 Å². The average molecular weight is 100 g/mol. The van der Waals surface area contributed by atoms with Crippen LogP contribution in [-0.2, 0) is 9.63 Å². The maximum Gasteiger partial charge on any atom is 0.153 e. The van der Waals surface area contributed by atoms with Crippen molar-refractivity contribution in [2.24, 2.45) is 0 Å². The second-order valence-electron chi connectivity index (χ2n) is 1.41. The third-order valence-electron chi connectivity index (χ3n) is 0.804. The zero-order valence-electron chi connectivity index (χ0n) is 3.89. The van der Waals surface area contributed by atoms with E-state index in [0.717, 1.165) is 0 Å². The van der Waals surface area contributed by atoms with Crippen molar-refractivity contribution < 1.29 is 9.63 Å². The zero-order chi connectivity index (χ0) is 5.11. The van der Waals surface area contributed by atoms with Gasteiger partial charge in [0.15, 0.2) is 5.78 Å². The normalized spacial score (nSPS) is 22.6. The van der Waals surface area contributed by atoms with E-state index in [1.807, 2.05) is 0 Å². The van der Waals surface area contributed by atoms with Gasteiger partial charge < -0.3 is 0 Å². The third-order valence-corrected chi connectivity index (χ3v) is 0.804. The summed E-state index contributed by atoms with van der Waals surface area (Å²) in [5, 5.41) is 0. The zero-order valence-corrected chi connectivity index (χ0v) is 3.89. The van der Waals surface area contributed by atoms with Gasteiger partial charge in [-0.25, -0.2) is 0 Å². The molecular weight excluding hydrogens is 94.0 g/mol. The molecule has 1 aliphatic rings. The quantitative estimate of drug-likeness (QED) is 0.411. The minimum Gasteiger partial charge on any atom is -0.298 e. The largest absolute Gasteiger partial charge is 0.298 e. The maximum atomic E-state index is 10.3. The Hall–Kier alpha value is -0.410. The van der Waals surface area contributed by atoms with E-state index in [-0.39, 0.29) is 12.3 Å². The molecule has 0 bridgehead atoms. The first-order valence-corrected chi connectivity index (χ1v) is 2.20. The predicted molar refractivity (Wildman–Crippen MR) is 22.6 cm³/mol. The molecule has 0 N–H and O–H groups in total. The molecule has 0 aromatic rings. The molecule has 39 valence electrons. The Morgan fingerprint density at radius 3 is 2.86 bits per heavy atom. The van der Waals surface area contributed by atoms with Gasteiger partial charge in [-0.3, -0.25) is 9.63 Å². The lowest BCUT2D eigenvalue weighted by Gasteiger charge is -2.06. The molecule has 3 heteroatoms. The Bertz CT molecular complexity index is 73.8. The fraction of sp³-hybridized carbons (Fsp3) is 0.750. The first-order valence-electron chi connectivity index (χ1n) is 2.20. The van der Waals surface area contributed by atoms with Crippen molar-refractivity contribution in [3.63, 3.8) is 0 Å². The van der Waals surface area contributed by atoms with Gasteiger partial charge >= 0.3 is 0 Å². The van der Waals surface area contributed by atoms with Gasteiger partial charge in [0.05, 0.1) is 6.61 Å². The number of carbonyl (C=O) groups is 1. The van der Waals surface area contributed by atoms with Gasteiger partial charge in [0.25, 0.3) is 0 Å². The van der Waals surface area contributed by atoms with E-state index >= 15 is 0 Å². The van der Waals surface area contributed by atoms with E-state index in [9.17, 15) is 4.79 Å². The summed E-state index contributed by atoms with van der Waals surface area (Å²) in [6.45, 7) is 0.721. The van der Waals surface area contributed by atoms with Crippen molar-refractivity contribution in [2.45, 2.75) is 6.42 Å². The molecule has 0 atom stereocenters. The molecule has 0 spiro atoms. The van der Waals surface area contributed by atoms with E-state index in [2.05, 4.69) is 10.3 Å². The molecule has 1 rings (SSSR count). The molecule has 1 fully saturated rings. The van der Waals surface area contributed by atoms with Crippen molar-refractivity contribution >= 4 is 5.78 Å². The van der Waals surface area contributed by atoms with Crippen molar-refractivity contribution in [3.05, 3.63) is 0 Å². The number of hydrogen-bond donors (Lipinski definition) is 0. The van der Waals surface area contributed by atoms with Crippen LogP contribution >= 0.6 is 0 Å². The van der Waals surface area contributed by atoms with Gasteiger partial charge in [-0.1, -0.05) is 5.48 Å². The van der Waals surface area contributed by atoms with Crippen molar-refractivity contribution in [1.29, 1.82) is 0 Å². The molecule has 1 radical (unpaired) electrons. The number of hydroxylamine groups is 1. The van der Waals surface area contributed by atoms with E-state index in [1.165, 1.54) is 0 Å². The molecule has 0 saturated carbocycles.